The molecule has 2 rings (SSSR count). The molecule has 1 aliphatic heterocycles. The molecule has 1 N–H and O–H groups in total. The lowest BCUT2D eigenvalue weighted by atomic mass is 9.85. The van der Waals surface area contributed by atoms with Crippen LogP contribution in [0.15, 0.2) is 0 Å². The van der Waals surface area contributed by atoms with Gasteiger partial charge in [-0.3, -0.25) is 0 Å². The van der Waals surface area contributed by atoms with Gasteiger partial charge in [-0.05, 0) is 31.6 Å². The second-order valence-corrected chi connectivity index (χ2v) is 7.64. The number of nitriles is 1. The van der Waals surface area contributed by atoms with Crippen molar-refractivity contribution in [1.82, 2.24) is 9.03 Å². The Morgan fingerprint density at radius 2 is 1.55 bits per heavy atom. The Morgan fingerprint density at radius 3 is 2.10 bits per heavy atom. The van der Waals surface area contributed by atoms with Crippen LogP contribution in [0.3, 0.4) is 0 Å². The molecule has 1 saturated carbocycles. The first-order valence-electron chi connectivity index (χ1n) is 7.80. The first-order valence-corrected chi connectivity index (χ1v) is 9.24. The molecule has 6 heteroatoms. The molecular weight excluding hydrogens is 274 g/mol. The van der Waals surface area contributed by atoms with E-state index < -0.39 is 16.3 Å². The van der Waals surface area contributed by atoms with Gasteiger partial charge in [-0.25, -0.2) is 0 Å². The van der Waals surface area contributed by atoms with Crippen LogP contribution in [0.5, 0.6) is 0 Å². The third kappa shape index (κ3) is 4.18. The summed E-state index contributed by atoms with van der Waals surface area (Å²) < 4.78 is 29.0. The molecular formula is C14H25N3O2S. The number of nitrogens with one attached hydrogen (secondary N) is 1. The van der Waals surface area contributed by atoms with Crippen LogP contribution in [0, 0.1) is 17.2 Å². The molecule has 2 fully saturated rings. The minimum atomic E-state index is -3.51. The van der Waals surface area contributed by atoms with E-state index in [1.54, 1.807) is 0 Å². The molecule has 0 aromatic carbocycles. The van der Waals surface area contributed by atoms with Crippen LogP contribution in [0.2, 0.25) is 0 Å². The largest absolute Gasteiger partial charge is 0.280 e. The Balaban J connectivity index is 1.99. The van der Waals surface area contributed by atoms with Gasteiger partial charge in [0.05, 0.1) is 6.07 Å². The highest BCUT2D eigenvalue weighted by Gasteiger charge is 2.30. The molecule has 0 radical (unpaired) electrons. The Labute approximate surface area is 122 Å². The number of hydrogen-bond acceptors (Lipinski definition) is 3. The minimum absolute atomic E-state index is 0.176. The molecule has 20 heavy (non-hydrogen) atoms. The average molecular weight is 299 g/mol. The van der Waals surface area contributed by atoms with Gasteiger partial charge < -0.3 is 0 Å². The van der Waals surface area contributed by atoms with E-state index >= 15 is 0 Å². The predicted molar refractivity (Wildman–Crippen MR) is 78.1 cm³/mol. The smallest absolute Gasteiger partial charge is 0.197 e. The summed E-state index contributed by atoms with van der Waals surface area (Å²) in [5, 5.41) is 9.30. The molecule has 1 atom stereocenters. The van der Waals surface area contributed by atoms with Crippen molar-refractivity contribution >= 4 is 10.2 Å². The highest BCUT2D eigenvalue weighted by molar-refractivity contribution is 7.87. The molecule has 114 valence electrons. The highest BCUT2D eigenvalue weighted by atomic mass is 32.2. The van der Waals surface area contributed by atoms with Gasteiger partial charge >= 0.3 is 0 Å². The predicted octanol–water partition coefficient (Wildman–Crippen LogP) is 2.17. The summed E-state index contributed by atoms with van der Waals surface area (Å²) in [5.41, 5.74) is 0. The summed E-state index contributed by atoms with van der Waals surface area (Å²) in [6, 6.07) is 1.60. The summed E-state index contributed by atoms with van der Waals surface area (Å²) >= 11 is 0. The number of hydrogen-bond donors (Lipinski definition) is 1. The van der Waals surface area contributed by atoms with Gasteiger partial charge in [-0.1, -0.05) is 32.1 Å². The summed E-state index contributed by atoms with van der Waals surface area (Å²) in [7, 11) is -3.51. The number of rotatable bonds is 4. The summed E-state index contributed by atoms with van der Waals surface area (Å²) in [6.45, 7) is 1.16. The fourth-order valence-electron chi connectivity index (χ4n) is 3.21. The zero-order valence-corrected chi connectivity index (χ0v) is 12.9. The van der Waals surface area contributed by atoms with E-state index in [2.05, 4.69) is 10.8 Å². The van der Waals surface area contributed by atoms with Crippen molar-refractivity contribution in [2.75, 3.05) is 13.1 Å². The van der Waals surface area contributed by atoms with Crippen molar-refractivity contribution in [2.24, 2.45) is 5.92 Å². The normalized spacial score (nSPS) is 24.8. The Bertz CT molecular complexity index is 430. The van der Waals surface area contributed by atoms with E-state index in [0.717, 1.165) is 51.4 Å². The third-order valence-corrected chi connectivity index (χ3v) is 6.04. The molecule has 0 amide bonds. The van der Waals surface area contributed by atoms with E-state index in [1.165, 1.54) is 10.7 Å². The van der Waals surface area contributed by atoms with Gasteiger partial charge in [0.15, 0.2) is 0 Å². The van der Waals surface area contributed by atoms with Crippen LogP contribution < -0.4 is 4.72 Å². The van der Waals surface area contributed by atoms with Gasteiger partial charge in [0.2, 0.25) is 0 Å². The first-order chi connectivity index (χ1) is 9.63. The lowest BCUT2D eigenvalue weighted by Crippen LogP contribution is -2.48. The lowest BCUT2D eigenvalue weighted by Gasteiger charge is -2.28. The zero-order valence-electron chi connectivity index (χ0n) is 12.1. The molecule has 0 spiro atoms. The quantitative estimate of drug-likeness (QED) is 0.864. The van der Waals surface area contributed by atoms with Crippen LogP contribution in [-0.4, -0.2) is 31.9 Å². The van der Waals surface area contributed by atoms with Crippen molar-refractivity contribution in [1.29, 1.82) is 5.26 Å². The van der Waals surface area contributed by atoms with Crippen molar-refractivity contribution in [3.8, 4) is 6.07 Å². The van der Waals surface area contributed by atoms with Gasteiger partial charge in [0.25, 0.3) is 10.2 Å². The first kappa shape index (κ1) is 15.7. The van der Waals surface area contributed by atoms with E-state index in [-0.39, 0.29) is 5.92 Å². The van der Waals surface area contributed by atoms with Gasteiger partial charge in [0.1, 0.15) is 6.04 Å². The third-order valence-electron chi connectivity index (χ3n) is 4.44. The van der Waals surface area contributed by atoms with Crippen molar-refractivity contribution in [3.63, 3.8) is 0 Å². The second-order valence-electron chi connectivity index (χ2n) is 5.94. The topological polar surface area (TPSA) is 73.2 Å². The fourth-order valence-corrected chi connectivity index (χ4v) is 4.67. The van der Waals surface area contributed by atoms with Gasteiger partial charge in [-0.15, -0.1) is 0 Å². The molecule has 1 unspecified atom stereocenters. The van der Waals surface area contributed by atoms with Crippen molar-refractivity contribution < 1.29 is 8.42 Å². The molecule has 1 heterocycles. The maximum atomic E-state index is 12.4. The maximum absolute atomic E-state index is 12.4. The van der Waals surface area contributed by atoms with Gasteiger partial charge in [0, 0.05) is 13.1 Å². The molecule has 5 nitrogen and oxygen atoms in total. The van der Waals surface area contributed by atoms with Crippen molar-refractivity contribution in [3.05, 3.63) is 0 Å². The summed E-state index contributed by atoms with van der Waals surface area (Å²) in [6.07, 6.45) is 9.35. The van der Waals surface area contributed by atoms with Crippen molar-refractivity contribution in [2.45, 2.75) is 63.8 Å². The van der Waals surface area contributed by atoms with E-state index in [9.17, 15) is 13.7 Å². The van der Waals surface area contributed by atoms with Crippen LogP contribution in [0.25, 0.3) is 0 Å². The minimum Gasteiger partial charge on any atom is -0.197 e. The van der Waals surface area contributed by atoms with E-state index in [4.69, 9.17) is 0 Å². The molecule has 0 bridgehead atoms. The monoisotopic (exact) mass is 299 g/mol. The fraction of sp³-hybridized carbons (Fsp3) is 0.929. The lowest BCUT2D eigenvalue weighted by molar-refractivity contribution is 0.317. The Hall–Kier alpha value is -0.640. The van der Waals surface area contributed by atoms with Crippen LogP contribution in [0.1, 0.15) is 57.8 Å². The van der Waals surface area contributed by atoms with E-state index in [0.29, 0.717) is 13.1 Å². The summed E-state index contributed by atoms with van der Waals surface area (Å²) in [4.78, 5) is 0. The maximum Gasteiger partial charge on any atom is 0.280 e. The van der Waals surface area contributed by atoms with E-state index in [1.807, 2.05) is 0 Å². The molecule has 2 aliphatic rings. The number of nitrogens with zero attached hydrogens (tertiary/aromatic N) is 2. The van der Waals surface area contributed by atoms with Crippen LogP contribution >= 0.6 is 0 Å². The zero-order chi connectivity index (χ0) is 14.4. The average Bonchev–Trinajstić information content (AvgIpc) is 2.75. The Morgan fingerprint density at radius 1 is 1.00 bits per heavy atom. The molecule has 0 aromatic heterocycles. The molecule has 1 saturated heterocycles. The highest BCUT2D eigenvalue weighted by Crippen LogP contribution is 2.27. The summed E-state index contributed by atoms with van der Waals surface area (Å²) in [5.74, 6) is 0.176. The SMILES string of the molecule is N#CC(NS(=O)(=O)N1CCCCCC1)C1CCCCC1. The molecule has 0 aromatic rings. The Kier molecular flexibility index (Phi) is 5.82. The molecule has 1 aliphatic carbocycles. The van der Waals surface area contributed by atoms with Crippen LogP contribution in [-0.2, 0) is 10.2 Å². The van der Waals surface area contributed by atoms with Gasteiger partial charge in [-0.2, -0.15) is 22.7 Å². The second kappa shape index (κ2) is 7.39. The standard InChI is InChI=1S/C14H25N3O2S/c15-12-14(13-8-4-3-5-9-13)16-20(18,19)17-10-6-1-2-7-11-17/h13-14,16H,1-11H2. The van der Waals surface area contributed by atoms with Crippen LogP contribution in [0.4, 0.5) is 0 Å².